The highest BCUT2D eigenvalue weighted by atomic mass is 32.2. The Morgan fingerprint density at radius 3 is 2.73 bits per heavy atom. The number of nitrogens with one attached hydrogen (secondary N) is 1. The highest BCUT2D eigenvalue weighted by Gasteiger charge is 2.26. The second-order valence-electron chi connectivity index (χ2n) is 6.77. The molecule has 5 N–H and O–H groups in total. The number of aliphatic hydroxyl groups is 2. The zero-order valence-electron chi connectivity index (χ0n) is 14.7. The summed E-state index contributed by atoms with van der Waals surface area (Å²) < 4.78 is 16.4. The van der Waals surface area contributed by atoms with Crippen molar-refractivity contribution in [2.75, 3.05) is 5.32 Å². The van der Waals surface area contributed by atoms with Gasteiger partial charge in [-0.1, -0.05) is 0 Å². The van der Waals surface area contributed by atoms with E-state index in [9.17, 15) is 14.4 Å². The van der Waals surface area contributed by atoms with Gasteiger partial charge in [-0.15, -0.1) is 11.3 Å². The van der Waals surface area contributed by atoms with Crippen LogP contribution in [-0.2, 0) is 15.5 Å². The van der Waals surface area contributed by atoms with E-state index in [0.717, 1.165) is 35.6 Å². The molecule has 0 aliphatic heterocycles. The van der Waals surface area contributed by atoms with Crippen LogP contribution in [0.5, 0.6) is 0 Å². The molecule has 2 unspecified atom stereocenters. The molecule has 1 aliphatic carbocycles. The number of nitrogens with two attached hydrogens (primary N) is 1. The summed E-state index contributed by atoms with van der Waals surface area (Å²) in [6.45, 7) is 5.01. The molecule has 0 radical (unpaired) electrons. The summed E-state index contributed by atoms with van der Waals surface area (Å²) in [6, 6.07) is 1.91. The first-order valence-electron chi connectivity index (χ1n) is 8.07. The summed E-state index contributed by atoms with van der Waals surface area (Å²) in [7, 11) is -3.44. The van der Waals surface area contributed by atoms with Crippen molar-refractivity contribution in [3.05, 3.63) is 28.5 Å². The van der Waals surface area contributed by atoms with Gasteiger partial charge in [-0.05, 0) is 39.7 Å². The lowest BCUT2D eigenvalue weighted by Crippen LogP contribution is -2.23. The third kappa shape index (κ3) is 4.54. The lowest BCUT2D eigenvalue weighted by atomic mass is 10.1. The monoisotopic (exact) mass is 398 g/mol. The van der Waals surface area contributed by atoms with Gasteiger partial charge in [0.05, 0.1) is 10.5 Å². The lowest BCUT2D eigenvalue weighted by Gasteiger charge is -2.13. The minimum Gasteiger partial charge on any atom is -0.385 e. The molecule has 1 aliphatic rings. The Hall–Kier alpha value is -1.66. The molecule has 2 atom stereocenters. The quantitative estimate of drug-likeness (QED) is 0.538. The Morgan fingerprint density at radius 2 is 2.15 bits per heavy atom. The predicted molar refractivity (Wildman–Crippen MR) is 98.8 cm³/mol. The van der Waals surface area contributed by atoms with Crippen LogP contribution in [-0.4, -0.2) is 35.7 Å². The van der Waals surface area contributed by atoms with Crippen LogP contribution in [0.25, 0.3) is 0 Å². The number of nitrogens with zero attached hydrogens (tertiary/aromatic N) is 4. The number of aryl methyl sites for hydroxylation is 1. The first kappa shape index (κ1) is 19.1. The molecule has 9 nitrogen and oxygen atoms in total. The fourth-order valence-electron chi connectivity index (χ4n) is 2.26. The molecule has 1 saturated carbocycles. The Labute approximate surface area is 156 Å². The molecule has 0 saturated heterocycles. The number of rotatable bonds is 6. The van der Waals surface area contributed by atoms with Crippen LogP contribution in [0.15, 0.2) is 21.0 Å². The van der Waals surface area contributed by atoms with Crippen molar-refractivity contribution in [1.29, 1.82) is 0 Å². The first-order valence-corrected chi connectivity index (χ1v) is 10.5. The van der Waals surface area contributed by atoms with Gasteiger partial charge < -0.3 is 15.5 Å². The van der Waals surface area contributed by atoms with E-state index in [0.29, 0.717) is 10.8 Å². The molecule has 2 aromatic rings. The zero-order chi connectivity index (χ0) is 19.1. The van der Waals surface area contributed by atoms with Crippen molar-refractivity contribution < 1.29 is 14.4 Å². The van der Waals surface area contributed by atoms with Crippen LogP contribution < -0.4 is 10.5 Å². The molecule has 11 heteroatoms. The molecule has 0 spiro atoms. The molecular formula is C15H22N6O3S2. The Balaban J connectivity index is 1.80. The van der Waals surface area contributed by atoms with Crippen molar-refractivity contribution in [3.8, 4) is 0 Å². The van der Waals surface area contributed by atoms with E-state index in [-0.39, 0.29) is 10.3 Å². The maximum atomic E-state index is 12.6. The fourth-order valence-corrected chi connectivity index (χ4v) is 4.43. The SMILES string of the molecule is Cc1cc(C2CC2)nc(NC(O)N=S(N)(=O)c2ncc(C(C)(C)O)s2)n1. The molecule has 2 aromatic heterocycles. The van der Waals surface area contributed by atoms with E-state index in [1.807, 2.05) is 13.0 Å². The van der Waals surface area contributed by atoms with Gasteiger partial charge in [-0.2, -0.15) is 4.36 Å². The number of hydrogen-bond acceptors (Lipinski definition) is 9. The average molecular weight is 399 g/mol. The van der Waals surface area contributed by atoms with Gasteiger partial charge in [0, 0.05) is 23.5 Å². The van der Waals surface area contributed by atoms with Gasteiger partial charge in [0.1, 0.15) is 0 Å². The number of anilines is 1. The highest BCUT2D eigenvalue weighted by molar-refractivity contribution is 7.93. The molecule has 142 valence electrons. The number of thiazole rings is 1. The fraction of sp³-hybridized carbons (Fsp3) is 0.533. The topological polar surface area (TPSA) is 147 Å². The molecule has 2 heterocycles. The third-order valence-corrected chi connectivity index (χ3v) is 6.91. The van der Waals surface area contributed by atoms with Crippen LogP contribution in [0.3, 0.4) is 0 Å². The summed E-state index contributed by atoms with van der Waals surface area (Å²) in [5, 5.41) is 28.4. The molecule has 0 bridgehead atoms. The van der Waals surface area contributed by atoms with Gasteiger partial charge in [-0.3, -0.25) is 0 Å². The first-order chi connectivity index (χ1) is 12.0. The summed E-state index contributed by atoms with van der Waals surface area (Å²) in [5.74, 6) is 0.635. The van der Waals surface area contributed by atoms with Crippen LogP contribution in [0.1, 0.15) is 48.9 Å². The Kier molecular flexibility index (Phi) is 5.01. The molecular weight excluding hydrogens is 376 g/mol. The number of aliphatic hydroxyl groups excluding tert-OH is 1. The minimum absolute atomic E-state index is 0.0271. The summed E-state index contributed by atoms with van der Waals surface area (Å²) in [5.41, 5.74) is 0.548. The van der Waals surface area contributed by atoms with Gasteiger partial charge in [0.2, 0.25) is 16.6 Å². The second kappa shape index (κ2) is 6.82. The van der Waals surface area contributed by atoms with Gasteiger partial charge in [0.25, 0.3) is 0 Å². The predicted octanol–water partition coefficient (Wildman–Crippen LogP) is 1.43. The molecule has 1 fully saturated rings. The van der Waals surface area contributed by atoms with Crippen LogP contribution >= 0.6 is 11.3 Å². The Morgan fingerprint density at radius 1 is 1.46 bits per heavy atom. The minimum atomic E-state index is -3.44. The van der Waals surface area contributed by atoms with Gasteiger partial charge >= 0.3 is 0 Å². The van der Waals surface area contributed by atoms with Gasteiger partial charge in [0.15, 0.2) is 9.92 Å². The molecule has 3 rings (SSSR count). The standard InChI is InChI=1S/C15H22N6O3S2/c1-8-6-10(9-4-5-9)19-12(18-8)20-13(22)21-26(16,24)14-17-7-11(25-14)15(2,3)23/h6-7,9,13,22-23H,4-5H2,1-3H3,(H2,16,21,24)(H,18,19,20). The normalized spacial score (nSPS) is 18.2. The van der Waals surface area contributed by atoms with E-state index in [1.54, 1.807) is 13.8 Å². The van der Waals surface area contributed by atoms with Crippen molar-refractivity contribution in [3.63, 3.8) is 0 Å². The van der Waals surface area contributed by atoms with Crippen LogP contribution in [0.2, 0.25) is 0 Å². The largest absolute Gasteiger partial charge is 0.385 e. The van der Waals surface area contributed by atoms with E-state index in [2.05, 4.69) is 24.6 Å². The van der Waals surface area contributed by atoms with Gasteiger partial charge in [-0.25, -0.2) is 24.3 Å². The van der Waals surface area contributed by atoms with E-state index in [1.165, 1.54) is 6.20 Å². The summed E-state index contributed by atoms with van der Waals surface area (Å²) in [4.78, 5) is 13.0. The average Bonchev–Trinajstić information content (AvgIpc) is 3.20. The zero-order valence-corrected chi connectivity index (χ0v) is 16.3. The maximum absolute atomic E-state index is 12.6. The second-order valence-corrected chi connectivity index (χ2v) is 9.80. The smallest absolute Gasteiger partial charge is 0.235 e. The number of aromatic nitrogens is 3. The summed E-state index contributed by atoms with van der Waals surface area (Å²) in [6.07, 6.45) is 2.02. The van der Waals surface area contributed by atoms with Crippen LogP contribution in [0, 0.1) is 6.92 Å². The van der Waals surface area contributed by atoms with Crippen molar-refractivity contribution in [1.82, 2.24) is 15.0 Å². The van der Waals surface area contributed by atoms with Crippen molar-refractivity contribution >= 4 is 27.2 Å². The Bertz CT molecular complexity index is 926. The van der Waals surface area contributed by atoms with Crippen LogP contribution in [0.4, 0.5) is 5.95 Å². The van der Waals surface area contributed by atoms with Crippen molar-refractivity contribution in [2.45, 2.75) is 55.8 Å². The lowest BCUT2D eigenvalue weighted by molar-refractivity contribution is 0.0823. The summed E-state index contributed by atoms with van der Waals surface area (Å²) >= 11 is 0.987. The van der Waals surface area contributed by atoms with E-state index < -0.39 is 21.9 Å². The third-order valence-electron chi connectivity index (χ3n) is 3.72. The highest BCUT2D eigenvalue weighted by Crippen LogP contribution is 2.39. The molecule has 0 aromatic carbocycles. The van der Waals surface area contributed by atoms with E-state index >= 15 is 0 Å². The van der Waals surface area contributed by atoms with Crippen molar-refractivity contribution in [2.24, 2.45) is 9.50 Å². The molecule has 0 amide bonds. The number of hydrogen-bond donors (Lipinski definition) is 4. The van der Waals surface area contributed by atoms with E-state index in [4.69, 9.17) is 5.14 Å². The molecule has 26 heavy (non-hydrogen) atoms. The maximum Gasteiger partial charge on any atom is 0.235 e.